The topological polar surface area (TPSA) is 62.4 Å². The fourth-order valence-electron chi connectivity index (χ4n) is 3.28. The van der Waals surface area contributed by atoms with Crippen molar-refractivity contribution in [2.45, 2.75) is 40.7 Å². The van der Waals surface area contributed by atoms with Crippen LogP contribution in [0.25, 0.3) is 0 Å². The van der Waals surface area contributed by atoms with Crippen molar-refractivity contribution in [2.75, 3.05) is 19.7 Å². The van der Waals surface area contributed by atoms with E-state index in [-0.39, 0.29) is 30.8 Å². The maximum atomic E-state index is 13.2. The Morgan fingerprint density at radius 1 is 1.19 bits per heavy atom. The number of hydrogen-bond acceptors (Lipinski definition) is 4. The second-order valence-corrected chi connectivity index (χ2v) is 6.56. The summed E-state index contributed by atoms with van der Waals surface area (Å²) in [5, 5.41) is 0. The van der Waals surface area contributed by atoms with Crippen molar-refractivity contribution in [1.82, 2.24) is 9.88 Å². The number of aryl methyl sites for hydroxylation is 1. The molecule has 27 heavy (non-hydrogen) atoms. The van der Waals surface area contributed by atoms with E-state index >= 15 is 0 Å². The molecule has 0 bridgehead atoms. The number of carbonyl (C=O) groups is 2. The molecule has 1 N–H and O–H groups in total. The number of H-pyrrole nitrogens is 1. The molecule has 1 heterocycles. The molecule has 1 aromatic carbocycles. The number of halogens is 1. The Morgan fingerprint density at radius 3 is 2.37 bits per heavy atom. The van der Waals surface area contributed by atoms with Crippen LogP contribution >= 0.6 is 0 Å². The molecule has 5 nitrogen and oxygen atoms in total. The van der Waals surface area contributed by atoms with E-state index in [1.165, 1.54) is 12.1 Å². The van der Waals surface area contributed by atoms with Crippen molar-refractivity contribution in [3.05, 3.63) is 58.2 Å². The predicted molar refractivity (Wildman–Crippen MR) is 103 cm³/mol. The van der Waals surface area contributed by atoms with Gasteiger partial charge in [-0.2, -0.15) is 0 Å². The molecule has 2 rings (SSSR count). The fraction of sp³-hybridized carbons (Fsp3) is 0.429. The fourth-order valence-corrected chi connectivity index (χ4v) is 3.28. The zero-order valence-electron chi connectivity index (χ0n) is 16.6. The number of aromatic amines is 1. The Kier molecular flexibility index (Phi) is 6.91. The number of likely N-dealkylation sites (N-methyl/N-ethyl adjacent to an activating group) is 1. The standard InChI is InChI=1S/C21H27FN2O3/c1-6-24(15(5)16-8-10-17(22)11-9-16)12-18(25)20-13(3)19(14(4)23-20)21(26)27-7-2/h8-11,15,23H,6-7,12H2,1-5H3. The minimum absolute atomic E-state index is 0.0413. The van der Waals surface area contributed by atoms with E-state index < -0.39 is 5.97 Å². The van der Waals surface area contributed by atoms with Crippen molar-refractivity contribution < 1.29 is 18.7 Å². The van der Waals surface area contributed by atoms with Crippen molar-refractivity contribution in [3.8, 4) is 0 Å². The zero-order chi connectivity index (χ0) is 20.1. The predicted octanol–water partition coefficient (Wildman–Crippen LogP) is 4.21. The highest BCUT2D eigenvalue weighted by Crippen LogP contribution is 2.23. The molecular weight excluding hydrogens is 347 g/mol. The minimum Gasteiger partial charge on any atom is -0.462 e. The average Bonchev–Trinajstić information content (AvgIpc) is 2.94. The molecular formula is C21H27FN2O3. The molecule has 0 aliphatic heterocycles. The van der Waals surface area contributed by atoms with Gasteiger partial charge in [0.05, 0.1) is 24.4 Å². The maximum Gasteiger partial charge on any atom is 0.340 e. The van der Waals surface area contributed by atoms with E-state index in [0.717, 1.165) is 5.56 Å². The lowest BCUT2D eigenvalue weighted by molar-refractivity contribution is 0.0525. The number of benzene rings is 1. The van der Waals surface area contributed by atoms with Gasteiger partial charge in [-0.05, 0) is 57.5 Å². The molecule has 0 radical (unpaired) electrons. The molecule has 1 unspecified atom stereocenters. The minimum atomic E-state index is -0.421. The van der Waals surface area contributed by atoms with E-state index in [2.05, 4.69) is 4.98 Å². The lowest BCUT2D eigenvalue weighted by atomic mass is 10.0. The number of esters is 1. The first-order valence-electron chi connectivity index (χ1n) is 9.19. The van der Waals surface area contributed by atoms with E-state index in [0.29, 0.717) is 29.1 Å². The first kappa shape index (κ1) is 20.8. The number of aromatic nitrogens is 1. The molecule has 2 aromatic rings. The average molecular weight is 374 g/mol. The van der Waals surface area contributed by atoms with Gasteiger partial charge in [0.2, 0.25) is 0 Å². The van der Waals surface area contributed by atoms with Crippen LogP contribution in [0.15, 0.2) is 24.3 Å². The van der Waals surface area contributed by atoms with Crippen LogP contribution in [0.5, 0.6) is 0 Å². The maximum absolute atomic E-state index is 13.2. The SMILES string of the molecule is CCOC(=O)c1c(C)[nH]c(C(=O)CN(CC)C(C)c2ccc(F)cc2)c1C. The largest absolute Gasteiger partial charge is 0.462 e. The van der Waals surface area contributed by atoms with Gasteiger partial charge in [0.1, 0.15) is 5.82 Å². The van der Waals surface area contributed by atoms with Crippen LogP contribution in [0.3, 0.4) is 0 Å². The van der Waals surface area contributed by atoms with Crippen molar-refractivity contribution >= 4 is 11.8 Å². The summed E-state index contributed by atoms with van der Waals surface area (Å²) >= 11 is 0. The number of nitrogens with zero attached hydrogens (tertiary/aromatic N) is 1. The first-order valence-corrected chi connectivity index (χ1v) is 9.19. The lowest BCUT2D eigenvalue weighted by Gasteiger charge is -2.27. The monoisotopic (exact) mass is 374 g/mol. The highest BCUT2D eigenvalue weighted by atomic mass is 19.1. The third kappa shape index (κ3) is 4.63. The normalized spacial score (nSPS) is 12.3. The van der Waals surface area contributed by atoms with Crippen molar-refractivity contribution in [1.29, 1.82) is 0 Å². The summed E-state index contributed by atoms with van der Waals surface area (Å²) < 4.78 is 18.2. The molecule has 0 aliphatic carbocycles. The Labute approximate surface area is 159 Å². The summed E-state index contributed by atoms with van der Waals surface area (Å²) in [7, 11) is 0. The van der Waals surface area contributed by atoms with Crippen LogP contribution < -0.4 is 0 Å². The molecule has 146 valence electrons. The summed E-state index contributed by atoms with van der Waals surface area (Å²) in [6.45, 7) is 10.4. The number of ketones is 1. The highest BCUT2D eigenvalue weighted by molar-refractivity contribution is 6.02. The van der Waals surface area contributed by atoms with E-state index in [1.807, 2.05) is 18.7 Å². The van der Waals surface area contributed by atoms with Gasteiger partial charge in [-0.15, -0.1) is 0 Å². The summed E-state index contributed by atoms with van der Waals surface area (Å²) in [6, 6.07) is 6.27. The number of Topliss-reactive ketones (excluding diaryl/α,β-unsaturated/α-hetero) is 1. The number of rotatable bonds is 8. The summed E-state index contributed by atoms with van der Waals surface area (Å²) in [5.74, 6) is -0.800. The van der Waals surface area contributed by atoms with Gasteiger partial charge >= 0.3 is 5.97 Å². The van der Waals surface area contributed by atoms with Gasteiger partial charge in [-0.25, -0.2) is 9.18 Å². The number of ether oxygens (including phenoxy) is 1. The van der Waals surface area contributed by atoms with Gasteiger partial charge in [-0.1, -0.05) is 19.1 Å². The Morgan fingerprint density at radius 2 is 1.81 bits per heavy atom. The summed E-state index contributed by atoms with van der Waals surface area (Å²) in [5.41, 5.74) is 3.04. The van der Waals surface area contributed by atoms with Gasteiger partial charge in [0.15, 0.2) is 5.78 Å². The highest BCUT2D eigenvalue weighted by Gasteiger charge is 2.25. The van der Waals surface area contributed by atoms with Crippen molar-refractivity contribution in [3.63, 3.8) is 0 Å². The van der Waals surface area contributed by atoms with E-state index in [9.17, 15) is 14.0 Å². The Bertz CT molecular complexity index is 812. The van der Waals surface area contributed by atoms with E-state index in [1.54, 1.807) is 32.9 Å². The molecule has 0 aliphatic rings. The molecule has 1 aromatic heterocycles. The van der Waals surface area contributed by atoms with Gasteiger partial charge in [0, 0.05) is 11.7 Å². The molecule has 0 spiro atoms. The summed E-state index contributed by atoms with van der Waals surface area (Å²) in [4.78, 5) is 30.1. The van der Waals surface area contributed by atoms with Crippen LogP contribution in [-0.2, 0) is 4.74 Å². The second kappa shape index (κ2) is 8.95. The van der Waals surface area contributed by atoms with Crippen LogP contribution in [0.2, 0.25) is 0 Å². The Balaban J connectivity index is 2.21. The molecule has 6 heteroatoms. The molecule has 1 atom stereocenters. The quantitative estimate of drug-likeness (QED) is 0.555. The number of hydrogen-bond donors (Lipinski definition) is 1. The zero-order valence-corrected chi connectivity index (χ0v) is 16.6. The van der Waals surface area contributed by atoms with Crippen LogP contribution in [0.4, 0.5) is 4.39 Å². The van der Waals surface area contributed by atoms with Crippen LogP contribution in [0, 0.1) is 19.7 Å². The van der Waals surface area contributed by atoms with Crippen LogP contribution in [-0.4, -0.2) is 41.3 Å². The second-order valence-electron chi connectivity index (χ2n) is 6.56. The third-order valence-corrected chi connectivity index (χ3v) is 4.85. The van der Waals surface area contributed by atoms with Gasteiger partial charge in [-0.3, -0.25) is 9.69 Å². The smallest absolute Gasteiger partial charge is 0.340 e. The van der Waals surface area contributed by atoms with Crippen LogP contribution in [0.1, 0.15) is 64.5 Å². The lowest BCUT2D eigenvalue weighted by Crippen LogP contribution is -2.32. The molecule has 0 amide bonds. The number of carbonyl (C=O) groups excluding carboxylic acids is 2. The van der Waals surface area contributed by atoms with Crippen molar-refractivity contribution in [2.24, 2.45) is 0 Å². The first-order chi connectivity index (χ1) is 12.8. The van der Waals surface area contributed by atoms with Gasteiger partial charge in [0.25, 0.3) is 0 Å². The third-order valence-electron chi connectivity index (χ3n) is 4.85. The van der Waals surface area contributed by atoms with E-state index in [4.69, 9.17) is 4.74 Å². The Hall–Kier alpha value is -2.47. The molecule has 0 fully saturated rings. The summed E-state index contributed by atoms with van der Waals surface area (Å²) in [6.07, 6.45) is 0. The molecule has 0 saturated carbocycles. The number of nitrogens with one attached hydrogen (secondary N) is 1. The molecule has 0 saturated heterocycles. The van der Waals surface area contributed by atoms with Gasteiger partial charge < -0.3 is 9.72 Å².